The van der Waals surface area contributed by atoms with Gasteiger partial charge in [-0.3, -0.25) is 0 Å². The van der Waals surface area contributed by atoms with Crippen molar-refractivity contribution in [1.29, 1.82) is 0 Å². The first-order valence-corrected chi connectivity index (χ1v) is 5.34. The zero-order chi connectivity index (χ0) is 9.57. The molecule has 0 N–H and O–H groups in total. The first-order chi connectivity index (χ1) is 5.34. The van der Waals surface area contributed by atoms with Crippen LogP contribution in [0.15, 0.2) is 0 Å². The van der Waals surface area contributed by atoms with E-state index in [1.54, 1.807) is 0 Å². The van der Waals surface area contributed by atoms with Crippen LogP contribution in [0.25, 0.3) is 0 Å². The average molecular weight is 168 g/mol. The van der Waals surface area contributed by atoms with E-state index >= 15 is 0 Å². The highest BCUT2D eigenvalue weighted by Crippen LogP contribution is 2.63. The van der Waals surface area contributed by atoms with Gasteiger partial charge in [-0.05, 0) is 29.1 Å². The molecule has 1 saturated carbocycles. The van der Waals surface area contributed by atoms with Crippen LogP contribution in [-0.2, 0) is 0 Å². The normalized spacial score (nSPS) is 39.8. The van der Waals surface area contributed by atoms with Crippen LogP contribution in [0.5, 0.6) is 0 Å². The minimum atomic E-state index is 0.605. The van der Waals surface area contributed by atoms with Crippen molar-refractivity contribution >= 4 is 0 Å². The summed E-state index contributed by atoms with van der Waals surface area (Å²) < 4.78 is 0. The van der Waals surface area contributed by atoms with E-state index in [4.69, 9.17) is 0 Å². The summed E-state index contributed by atoms with van der Waals surface area (Å²) in [6, 6.07) is 0. The molecule has 0 aromatic rings. The summed E-state index contributed by atoms with van der Waals surface area (Å²) in [5, 5.41) is 0. The lowest BCUT2D eigenvalue weighted by Crippen LogP contribution is -2.54. The molecule has 0 heteroatoms. The van der Waals surface area contributed by atoms with Crippen molar-refractivity contribution < 1.29 is 0 Å². The highest BCUT2D eigenvalue weighted by Gasteiger charge is 2.55. The average Bonchev–Trinajstić information content (AvgIpc) is 1.85. The van der Waals surface area contributed by atoms with Crippen LogP contribution in [0.3, 0.4) is 0 Å². The molecule has 0 aliphatic heterocycles. The first kappa shape index (κ1) is 10.1. The summed E-state index contributed by atoms with van der Waals surface area (Å²) >= 11 is 0. The molecular weight excluding hydrogens is 144 g/mol. The summed E-state index contributed by atoms with van der Waals surface area (Å²) in [5.74, 6) is 1.78. The quantitative estimate of drug-likeness (QED) is 0.582. The Morgan fingerprint density at radius 3 is 1.92 bits per heavy atom. The van der Waals surface area contributed by atoms with Gasteiger partial charge in [0.05, 0.1) is 0 Å². The third kappa shape index (κ3) is 1.20. The van der Waals surface area contributed by atoms with Crippen molar-refractivity contribution in [3.05, 3.63) is 0 Å². The van der Waals surface area contributed by atoms with Crippen molar-refractivity contribution in [3.8, 4) is 0 Å². The van der Waals surface area contributed by atoms with Crippen LogP contribution in [-0.4, -0.2) is 0 Å². The van der Waals surface area contributed by atoms with Crippen molar-refractivity contribution in [2.24, 2.45) is 22.7 Å². The van der Waals surface area contributed by atoms with E-state index in [1.165, 1.54) is 12.8 Å². The lowest BCUT2D eigenvalue weighted by atomic mass is 9.43. The van der Waals surface area contributed by atoms with Gasteiger partial charge in [-0.25, -0.2) is 0 Å². The van der Waals surface area contributed by atoms with Gasteiger partial charge in [0, 0.05) is 0 Å². The predicted molar refractivity (Wildman–Crippen MR) is 55.1 cm³/mol. The number of rotatable bonds is 2. The summed E-state index contributed by atoms with van der Waals surface area (Å²) in [7, 11) is 0. The Hall–Kier alpha value is 0. The molecule has 1 aliphatic rings. The smallest absolute Gasteiger partial charge is 0.0264 e. The van der Waals surface area contributed by atoms with E-state index in [1.807, 2.05) is 0 Å². The van der Waals surface area contributed by atoms with E-state index < -0.39 is 0 Å². The molecule has 0 bridgehead atoms. The molecule has 0 aromatic heterocycles. The molecule has 1 aliphatic carbocycles. The second-order valence-electron chi connectivity index (χ2n) is 5.79. The summed E-state index contributed by atoms with van der Waals surface area (Å²) in [4.78, 5) is 0. The molecule has 72 valence electrons. The molecule has 2 unspecified atom stereocenters. The zero-order valence-corrected chi connectivity index (χ0v) is 9.57. The van der Waals surface area contributed by atoms with E-state index in [0.717, 1.165) is 11.8 Å². The fourth-order valence-electron chi connectivity index (χ4n) is 3.62. The summed E-state index contributed by atoms with van der Waals surface area (Å²) in [5.41, 5.74) is 1.23. The highest BCUT2D eigenvalue weighted by atomic mass is 14.6. The molecule has 1 rings (SSSR count). The molecule has 2 atom stereocenters. The minimum Gasteiger partial charge on any atom is -0.0651 e. The topological polar surface area (TPSA) is 0 Å². The maximum Gasteiger partial charge on any atom is -0.0264 e. The van der Waals surface area contributed by atoms with Crippen LogP contribution in [0.1, 0.15) is 54.4 Å². The Morgan fingerprint density at radius 2 is 1.75 bits per heavy atom. The van der Waals surface area contributed by atoms with Gasteiger partial charge in [0.25, 0.3) is 0 Å². The van der Waals surface area contributed by atoms with E-state index in [-0.39, 0.29) is 0 Å². The second kappa shape index (κ2) is 2.75. The summed E-state index contributed by atoms with van der Waals surface area (Å²) in [6.07, 6.45) is 2.76. The Kier molecular flexibility index (Phi) is 2.31. The molecule has 0 radical (unpaired) electrons. The van der Waals surface area contributed by atoms with Gasteiger partial charge in [-0.15, -0.1) is 0 Å². The van der Waals surface area contributed by atoms with E-state index in [0.29, 0.717) is 10.8 Å². The standard InChI is InChI=1S/C12H24/c1-7-10-11(4,5)8-12(10,6)9(2)3/h9-10H,7-8H2,1-6H3. The number of hydrogen-bond donors (Lipinski definition) is 0. The lowest BCUT2D eigenvalue weighted by Gasteiger charge is -2.61. The van der Waals surface area contributed by atoms with Crippen molar-refractivity contribution in [3.63, 3.8) is 0 Å². The van der Waals surface area contributed by atoms with Crippen molar-refractivity contribution in [2.75, 3.05) is 0 Å². The number of hydrogen-bond acceptors (Lipinski definition) is 0. The van der Waals surface area contributed by atoms with E-state index in [2.05, 4.69) is 41.5 Å². The SMILES string of the molecule is CCC1C(C)(C)CC1(C)C(C)C. The van der Waals surface area contributed by atoms with Crippen LogP contribution < -0.4 is 0 Å². The molecule has 0 saturated heterocycles. The van der Waals surface area contributed by atoms with Gasteiger partial charge < -0.3 is 0 Å². The third-order valence-corrected chi connectivity index (χ3v) is 4.30. The van der Waals surface area contributed by atoms with Gasteiger partial charge in [0.15, 0.2) is 0 Å². The van der Waals surface area contributed by atoms with Gasteiger partial charge in [-0.2, -0.15) is 0 Å². The summed E-state index contributed by atoms with van der Waals surface area (Å²) in [6.45, 7) is 14.4. The maximum atomic E-state index is 2.47. The molecule has 0 amide bonds. The second-order valence-corrected chi connectivity index (χ2v) is 5.79. The monoisotopic (exact) mass is 168 g/mol. The van der Waals surface area contributed by atoms with E-state index in [9.17, 15) is 0 Å². The Bertz CT molecular complexity index is 167. The molecule has 1 fully saturated rings. The largest absolute Gasteiger partial charge is 0.0651 e. The van der Waals surface area contributed by atoms with Crippen LogP contribution in [0, 0.1) is 22.7 Å². The molecule has 0 nitrogen and oxygen atoms in total. The molecule has 0 heterocycles. The predicted octanol–water partition coefficient (Wildman–Crippen LogP) is 4.10. The minimum absolute atomic E-state index is 0.605. The van der Waals surface area contributed by atoms with Gasteiger partial charge >= 0.3 is 0 Å². The zero-order valence-electron chi connectivity index (χ0n) is 9.57. The molecule has 12 heavy (non-hydrogen) atoms. The Morgan fingerprint density at radius 1 is 1.25 bits per heavy atom. The highest BCUT2D eigenvalue weighted by molar-refractivity contribution is 5.04. The lowest BCUT2D eigenvalue weighted by molar-refractivity contribution is -0.125. The van der Waals surface area contributed by atoms with Gasteiger partial charge in [-0.1, -0.05) is 48.0 Å². The van der Waals surface area contributed by atoms with Gasteiger partial charge in [0.1, 0.15) is 0 Å². The molecule has 0 spiro atoms. The van der Waals surface area contributed by atoms with Crippen LogP contribution in [0.2, 0.25) is 0 Å². The third-order valence-electron chi connectivity index (χ3n) is 4.30. The van der Waals surface area contributed by atoms with Crippen LogP contribution >= 0.6 is 0 Å². The maximum absolute atomic E-state index is 2.47. The van der Waals surface area contributed by atoms with Crippen molar-refractivity contribution in [2.45, 2.75) is 54.4 Å². The van der Waals surface area contributed by atoms with Crippen molar-refractivity contribution in [1.82, 2.24) is 0 Å². The van der Waals surface area contributed by atoms with Crippen LogP contribution in [0.4, 0.5) is 0 Å². The fourth-order valence-corrected chi connectivity index (χ4v) is 3.62. The van der Waals surface area contributed by atoms with Gasteiger partial charge in [0.2, 0.25) is 0 Å². The Balaban J connectivity index is 2.74. The first-order valence-electron chi connectivity index (χ1n) is 5.34. The Labute approximate surface area is 77.7 Å². The molecular formula is C12H24. The molecule has 0 aromatic carbocycles. The fraction of sp³-hybridized carbons (Fsp3) is 1.00.